The third kappa shape index (κ3) is 5.51. The number of benzene rings is 3. The fraction of sp³-hybridized carbons (Fsp3) is 0.222. The van der Waals surface area contributed by atoms with Crippen LogP contribution in [-0.4, -0.2) is 30.6 Å². The molecule has 3 atom stereocenters. The minimum Gasteiger partial charge on any atom is -0.490 e. The van der Waals surface area contributed by atoms with Crippen LogP contribution in [0.3, 0.4) is 0 Å². The molecule has 0 aliphatic carbocycles. The van der Waals surface area contributed by atoms with E-state index in [0.717, 1.165) is 0 Å². The molecule has 3 aromatic rings. The number of esters is 2. The lowest BCUT2D eigenvalue weighted by atomic mass is 9.78. The van der Waals surface area contributed by atoms with Crippen LogP contribution >= 0.6 is 0 Å². The van der Waals surface area contributed by atoms with Crippen molar-refractivity contribution in [2.75, 3.05) is 11.5 Å². The fourth-order valence-electron chi connectivity index (χ4n) is 4.15. The van der Waals surface area contributed by atoms with Gasteiger partial charge in [0.15, 0.2) is 0 Å². The molecular weight excluding hydrogens is 472 g/mol. The van der Waals surface area contributed by atoms with Gasteiger partial charge < -0.3 is 19.1 Å². The summed E-state index contributed by atoms with van der Waals surface area (Å²) in [6.07, 6.45) is -0.963. The zero-order valence-corrected chi connectivity index (χ0v) is 19.5. The second kappa shape index (κ2) is 10.6. The van der Waals surface area contributed by atoms with Crippen LogP contribution in [0, 0.1) is 17.6 Å². The van der Waals surface area contributed by atoms with Crippen LogP contribution in [0.4, 0.5) is 14.5 Å². The lowest BCUT2D eigenvalue weighted by Gasteiger charge is -2.49. The van der Waals surface area contributed by atoms with E-state index in [-0.39, 0.29) is 12.5 Å². The summed E-state index contributed by atoms with van der Waals surface area (Å²) in [6.45, 7) is 2.37. The van der Waals surface area contributed by atoms with Gasteiger partial charge in [-0.1, -0.05) is 12.1 Å². The SMILES string of the molecule is CC(=O)Oc1ccc(C2C(C(COc3ccc(F)cc3)OC(C)=O)C(=O)N2c2ccc(F)cc2)cc1. The van der Waals surface area contributed by atoms with E-state index in [9.17, 15) is 23.2 Å². The molecule has 0 aromatic heterocycles. The summed E-state index contributed by atoms with van der Waals surface area (Å²) in [4.78, 5) is 38.0. The van der Waals surface area contributed by atoms with Gasteiger partial charge in [-0.15, -0.1) is 0 Å². The summed E-state index contributed by atoms with van der Waals surface area (Å²) in [5.41, 5.74) is 1.14. The smallest absolute Gasteiger partial charge is 0.308 e. The van der Waals surface area contributed by atoms with Gasteiger partial charge in [-0.3, -0.25) is 14.4 Å². The van der Waals surface area contributed by atoms with Crippen LogP contribution in [-0.2, 0) is 19.1 Å². The second-order valence-electron chi connectivity index (χ2n) is 8.23. The molecule has 0 radical (unpaired) electrons. The van der Waals surface area contributed by atoms with Crippen molar-refractivity contribution in [3.63, 3.8) is 0 Å². The summed E-state index contributed by atoms with van der Waals surface area (Å²) in [5.74, 6) is -2.43. The van der Waals surface area contributed by atoms with Gasteiger partial charge in [0, 0.05) is 19.5 Å². The predicted molar refractivity (Wildman–Crippen MR) is 125 cm³/mol. The van der Waals surface area contributed by atoms with Crippen molar-refractivity contribution in [3.8, 4) is 11.5 Å². The first-order valence-corrected chi connectivity index (χ1v) is 11.2. The Bertz CT molecular complexity index is 1240. The Morgan fingerprint density at radius 1 is 0.833 bits per heavy atom. The van der Waals surface area contributed by atoms with E-state index in [0.29, 0.717) is 22.7 Å². The van der Waals surface area contributed by atoms with Crippen LogP contribution in [0.1, 0.15) is 25.5 Å². The molecule has 1 aliphatic heterocycles. The van der Waals surface area contributed by atoms with Gasteiger partial charge in [0.2, 0.25) is 5.91 Å². The number of rotatable bonds is 8. The number of hydrogen-bond acceptors (Lipinski definition) is 6. The lowest BCUT2D eigenvalue weighted by Crippen LogP contribution is -2.61. The Morgan fingerprint density at radius 3 is 1.94 bits per heavy atom. The Kier molecular flexibility index (Phi) is 7.28. The van der Waals surface area contributed by atoms with Crippen molar-refractivity contribution in [3.05, 3.63) is 90.0 Å². The summed E-state index contributed by atoms with van der Waals surface area (Å²) in [5, 5.41) is 0. The first-order chi connectivity index (χ1) is 17.2. The maximum absolute atomic E-state index is 13.5. The molecule has 186 valence electrons. The molecule has 36 heavy (non-hydrogen) atoms. The molecule has 1 saturated heterocycles. The van der Waals surface area contributed by atoms with E-state index in [2.05, 4.69) is 0 Å². The quantitative estimate of drug-likeness (QED) is 0.258. The van der Waals surface area contributed by atoms with Gasteiger partial charge >= 0.3 is 11.9 Å². The summed E-state index contributed by atoms with van der Waals surface area (Å²) in [6, 6.07) is 16.8. The summed E-state index contributed by atoms with van der Waals surface area (Å²) >= 11 is 0. The third-order valence-corrected chi connectivity index (χ3v) is 5.67. The van der Waals surface area contributed by atoms with Gasteiger partial charge in [-0.05, 0) is 66.2 Å². The van der Waals surface area contributed by atoms with E-state index in [4.69, 9.17) is 14.2 Å². The fourth-order valence-corrected chi connectivity index (χ4v) is 4.15. The zero-order valence-electron chi connectivity index (χ0n) is 19.5. The number of hydrogen-bond donors (Lipinski definition) is 0. The monoisotopic (exact) mass is 495 g/mol. The van der Waals surface area contributed by atoms with E-state index in [1.807, 2.05) is 0 Å². The summed E-state index contributed by atoms with van der Waals surface area (Å²) < 4.78 is 43.1. The highest BCUT2D eigenvalue weighted by atomic mass is 19.1. The largest absolute Gasteiger partial charge is 0.490 e. The average molecular weight is 495 g/mol. The maximum atomic E-state index is 13.5. The highest BCUT2D eigenvalue weighted by molar-refractivity contribution is 6.03. The number of carbonyl (C=O) groups is 3. The molecule has 4 rings (SSSR count). The van der Waals surface area contributed by atoms with Gasteiger partial charge in [-0.25, -0.2) is 8.78 Å². The standard InChI is InChI=1S/C27H23F2NO6/c1-16(31)35-23-11-3-18(4-12-23)26-25(27(33)30(26)21-9-5-19(28)6-10-21)24(36-17(2)32)15-34-22-13-7-20(29)8-14-22/h3-14,24-26H,15H2,1-2H3. The molecule has 1 amide bonds. The highest BCUT2D eigenvalue weighted by Crippen LogP contribution is 2.46. The van der Waals surface area contributed by atoms with Gasteiger partial charge in [0.25, 0.3) is 0 Å². The van der Waals surface area contributed by atoms with Gasteiger partial charge in [0.1, 0.15) is 41.8 Å². The molecule has 3 unspecified atom stereocenters. The van der Waals surface area contributed by atoms with Gasteiger partial charge in [-0.2, -0.15) is 0 Å². The molecule has 0 bridgehead atoms. The molecule has 1 heterocycles. The third-order valence-electron chi connectivity index (χ3n) is 5.67. The molecule has 7 nitrogen and oxygen atoms in total. The van der Waals surface area contributed by atoms with Crippen LogP contribution in [0.5, 0.6) is 11.5 Å². The molecule has 1 aliphatic rings. The average Bonchev–Trinajstić information content (AvgIpc) is 2.83. The summed E-state index contributed by atoms with van der Waals surface area (Å²) in [7, 11) is 0. The Balaban J connectivity index is 1.65. The number of halogens is 2. The first-order valence-electron chi connectivity index (χ1n) is 11.2. The molecular formula is C27H23F2NO6. The zero-order chi connectivity index (χ0) is 25.8. The van der Waals surface area contributed by atoms with Crippen LogP contribution in [0.2, 0.25) is 0 Å². The van der Waals surface area contributed by atoms with Crippen molar-refractivity contribution < 1.29 is 37.4 Å². The minimum absolute atomic E-state index is 0.152. The normalized spacial score (nSPS) is 17.7. The van der Waals surface area contributed by atoms with E-state index >= 15 is 0 Å². The molecule has 1 fully saturated rings. The minimum atomic E-state index is -0.963. The molecule has 0 spiro atoms. The van der Waals surface area contributed by atoms with Crippen molar-refractivity contribution in [1.82, 2.24) is 0 Å². The Labute approximate surface area is 206 Å². The van der Waals surface area contributed by atoms with Crippen molar-refractivity contribution in [2.45, 2.75) is 26.0 Å². The molecule has 0 N–H and O–H groups in total. The number of nitrogens with zero attached hydrogens (tertiary/aromatic N) is 1. The number of amides is 1. The van der Waals surface area contributed by atoms with Crippen LogP contribution < -0.4 is 14.4 Å². The van der Waals surface area contributed by atoms with Crippen LogP contribution in [0.15, 0.2) is 72.8 Å². The first kappa shape index (κ1) is 24.8. The molecule has 3 aromatic carbocycles. The number of anilines is 1. The Morgan fingerprint density at radius 2 is 1.39 bits per heavy atom. The van der Waals surface area contributed by atoms with E-state index in [1.165, 1.54) is 67.3 Å². The Hall–Kier alpha value is -4.27. The van der Waals surface area contributed by atoms with E-state index in [1.54, 1.807) is 24.3 Å². The lowest BCUT2D eigenvalue weighted by molar-refractivity contribution is -0.158. The van der Waals surface area contributed by atoms with Crippen molar-refractivity contribution >= 4 is 23.5 Å². The second-order valence-corrected chi connectivity index (χ2v) is 8.23. The molecule has 9 heteroatoms. The van der Waals surface area contributed by atoms with Gasteiger partial charge in [0.05, 0.1) is 6.04 Å². The predicted octanol–water partition coefficient (Wildman–Crippen LogP) is 4.60. The van der Waals surface area contributed by atoms with Crippen molar-refractivity contribution in [1.29, 1.82) is 0 Å². The number of ether oxygens (including phenoxy) is 3. The maximum Gasteiger partial charge on any atom is 0.308 e. The molecule has 0 saturated carbocycles. The van der Waals surface area contributed by atoms with E-state index < -0.39 is 41.6 Å². The number of β-lactam (4-membered cyclic amide) rings is 1. The van der Waals surface area contributed by atoms with Crippen molar-refractivity contribution in [2.24, 2.45) is 5.92 Å². The van der Waals surface area contributed by atoms with Crippen LogP contribution in [0.25, 0.3) is 0 Å². The topological polar surface area (TPSA) is 82.1 Å². The highest BCUT2D eigenvalue weighted by Gasteiger charge is 2.54. The number of carbonyl (C=O) groups excluding carboxylic acids is 3.